The fourth-order valence-corrected chi connectivity index (χ4v) is 3.49. The maximum absolute atomic E-state index is 11.7. The number of amides is 1. The first kappa shape index (κ1) is 17.7. The van der Waals surface area contributed by atoms with E-state index in [9.17, 15) is 14.7 Å². The summed E-state index contributed by atoms with van der Waals surface area (Å²) in [6.07, 6.45) is -1.08. The Morgan fingerprint density at radius 1 is 1.40 bits per heavy atom. The molecule has 1 fully saturated rings. The average Bonchev–Trinajstić information content (AvgIpc) is 2.92. The number of nitrogens with one attached hydrogen (secondary N) is 1. The average molecular weight is 351 g/mol. The number of hydrogen-bond donors (Lipinski definition) is 3. The van der Waals surface area contributed by atoms with Crippen molar-refractivity contribution in [3.05, 3.63) is 23.8 Å². The predicted octanol–water partition coefficient (Wildman–Crippen LogP) is 0.741. The number of anilines is 1. The van der Waals surface area contributed by atoms with E-state index in [0.29, 0.717) is 17.9 Å². The second-order valence-electron chi connectivity index (χ2n) is 6.24. The van der Waals surface area contributed by atoms with E-state index in [1.165, 1.54) is 7.11 Å². The number of rotatable bonds is 6. The van der Waals surface area contributed by atoms with Crippen LogP contribution in [0, 0.1) is 0 Å². The number of benzene rings is 1. The van der Waals surface area contributed by atoms with E-state index in [2.05, 4.69) is 5.32 Å². The lowest BCUT2D eigenvalue weighted by Crippen LogP contribution is -2.46. The zero-order chi connectivity index (χ0) is 18.0. The molecule has 0 aromatic heterocycles. The van der Waals surface area contributed by atoms with Gasteiger partial charge in [-0.3, -0.25) is 9.59 Å². The molecule has 0 radical (unpaired) electrons. The Morgan fingerprint density at radius 3 is 2.88 bits per heavy atom. The van der Waals surface area contributed by atoms with Gasteiger partial charge in [-0.15, -0.1) is 0 Å². The predicted molar refractivity (Wildman–Crippen MR) is 86.7 cm³/mol. The molecule has 8 heteroatoms. The van der Waals surface area contributed by atoms with E-state index >= 15 is 0 Å². The Morgan fingerprint density at radius 2 is 2.20 bits per heavy atom. The van der Waals surface area contributed by atoms with Crippen LogP contribution >= 0.6 is 0 Å². The van der Waals surface area contributed by atoms with E-state index in [1.807, 2.05) is 6.07 Å². The molecule has 1 aromatic carbocycles. The molecule has 1 amide bonds. The number of carbonyl (C=O) groups excluding carboxylic acids is 1. The van der Waals surface area contributed by atoms with Crippen LogP contribution < -0.4 is 10.1 Å². The van der Waals surface area contributed by atoms with E-state index in [1.54, 1.807) is 12.1 Å². The Balaban J connectivity index is 1.81. The molecular weight excluding hydrogens is 330 g/mol. The van der Waals surface area contributed by atoms with Crippen molar-refractivity contribution in [3.63, 3.8) is 0 Å². The molecule has 0 unspecified atom stereocenters. The molecule has 1 aromatic rings. The lowest BCUT2D eigenvalue weighted by Gasteiger charge is -2.36. The smallest absolute Gasteiger partial charge is 0.305 e. The monoisotopic (exact) mass is 351 g/mol. The minimum Gasteiger partial charge on any atom is -0.487 e. The molecule has 136 valence electrons. The third-order valence-corrected chi connectivity index (χ3v) is 4.46. The highest BCUT2D eigenvalue weighted by atomic mass is 16.6. The molecule has 25 heavy (non-hydrogen) atoms. The second kappa shape index (κ2) is 7.38. The largest absolute Gasteiger partial charge is 0.487 e. The summed E-state index contributed by atoms with van der Waals surface area (Å²) in [6, 6.07) is 5.31. The van der Waals surface area contributed by atoms with Crippen LogP contribution in [0.3, 0.4) is 0 Å². The highest BCUT2D eigenvalue weighted by Crippen LogP contribution is 2.47. The summed E-state index contributed by atoms with van der Waals surface area (Å²) in [7, 11) is 1.44. The highest BCUT2D eigenvalue weighted by molar-refractivity contribution is 5.91. The summed E-state index contributed by atoms with van der Waals surface area (Å²) < 4.78 is 16.4. The number of fused-ring (bicyclic) bond motifs is 3. The van der Waals surface area contributed by atoms with Gasteiger partial charge in [-0.25, -0.2) is 0 Å². The molecule has 4 atom stereocenters. The van der Waals surface area contributed by atoms with Crippen molar-refractivity contribution in [3.8, 4) is 5.75 Å². The SMILES string of the molecule is COCC(=O)Nc1ccc2c(c1)[C@H]1C[C@H](CC(=O)O)O[C@H](CO)[C@H]1O2. The molecular formula is C17H21NO7. The van der Waals surface area contributed by atoms with Gasteiger partial charge in [0.05, 0.1) is 19.1 Å². The van der Waals surface area contributed by atoms with Gasteiger partial charge in [0, 0.05) is 24.3 Å². The van der Waals surface area contributed by atoms with Gasteiger partial charge in [-0.05, 0) is 24.6 Å². The molecule has 8 nitrogen and oxygen atoms in total. The molecule has 0 saturated carbocycles. The van der Waals surface area contributed by atoms with Gasteiger partial charge < -0.3 is 29.7 Å². The van der Waals surface area contributed by atoms with Crippen molar-refractivity contribution in [1.29, 1.82) is 0 Å². The Kier molecular flexibility index (Phi) is 5.22. The van der Waals surface area contributed by atoms with Gasteiger partial charge in [0.15, 0.2) is 0 Å². The fourth-order valence-electron chi connectivity index (χ4n) is 3.49. The molecule has 3 rings (SSSR count). The van der Waals surface area contributed by atoms with Crippen LogP contribution in [0.5, 0.6) is 5.75 Å². The number of carboxylic acids is 1. The second-order valence-corrected chi connectivity index (χ2v) is 6.24. The minimum atomic E-state index is -0.945. The Hall–Kier alpha value is -2.16. The quantitative estimate of drug-likeness (QED) is 0.692. The van der Waals surface area contributed by atoms with Crippen LogP contribution in [0.15, 0.2) is 18.2 Å². The number of carbonyl (C=O) groups is 2. The van der Waals surface area contributed by atoms with Gasteiger partial charge >= 0.3 is 5.97 Å². The fraction of sp³-hybridized carbons (Fsp3) is 0.529. The number of hydrogen-bond acceptors (Lipinski definition) is 6. The zero-order valence-corrected chi connectivity index (χ0v) is 13.8. The molecule has 0 spiro atoms. The van der Waals surface area contributed by atoms with Gasteiger partial charge in [0.1, 0.15) is 24.6 Å². The number of aliphatic hydroxyl groups is 1. The number of aliphatic carboxylic acids is 1. The number of ether oxygens (including phenoxy) is 3. The summed E-state index contributed by atoms with van der Waals surface area (Å²) in [6.45, 7) is -0.288. The lowest BCUT2D eigenvalue weighted by molar-refractivity contribution is -0.153. The van der Waals surface area contributed by atoms with Crippen molar-refractivity contribution in [2.24, 2.45) is 0 Å². The number of carboxylic acid groups (broad SMARTS) is 1. The zero-order valence-electron chi connectivity index (χ0n) is 13.8. The third kappa shape index (κ3) is 3.76. The van der Waals surface area contributed by atoms with Crippen molar-refractivity contribution in [2.75, 3.05) is 25.6 Å². The maximum atomic E-state index is 11.7. The van der Waals surface area contributed by atoms with Crippen LogP contribution in [0.2, 0.25) is 0 Å². The molecule has 0 aliphatic carbocycles. The van der Waals surface area contributed by atoms with E-state index < -0.39 is 18.2 Å². The molecule has 1 saturated heterocycles. The number of aliphatic hydroxyl groups excluding tert-OH is 1. The topological polar surface area (TPSA) is 114 Å². The Labute approximate surface area is 144 Å². The van der Waals surface area contributed by atoms with Crippen LogP contribution in [0.4, 0.5) is 5.69 Å². The van der Waals surface area contributed by atoms with Crippen molar-refractivity contribution >= 4 is 17.6 Å². The summed E-state index contributed by atoms with van der Waals surface area (Å²) in [5.41, 5.74) is 1.50. The van der Waals surface area contributed by atoms with Crippen LogP contribution in [0.25, 0.3) is 0 Å². The lowest BCUT2D eigenvalue weighted by atomic mass is 9.84. The summed E-state index contributed by atoms with van der Waals surface area (Å²) in [5.74, 6) is -0.635. The van der Waals surface area contributed by atoms with Crippen molar-refractivity contribution < 1.29 is 34.0 Å². The first-order valence-electron chi connectivity index (χ1n) is 8.09. The summed E-state index contributed by atoms with van der Waals surface area (Å²) in [4.78, 5) is 22.7. The van der Waals surface area contributed by atoms with Gasteiger partial charge in [-0.1, -0.05) is 0 Å². The van der Waals surface area contributed by atoms with Gasteiger partial charge in [0.25, 0.3) is 0 Å². The first-order valence-corrected chi connectivity index (χ1v) is 8.09. The summed E-state index contributed by atoms with van der Waals surface area (Å²) >= 11 is 0. The standard InChI is InChI=1S/C17H21NO7/c1-23-8-15(20)18-9-2-3-13-11(4-9)12-5-10(6-16(21)22)24-14(7-19)17(12)25-13/h2-4,10,12,14,17,19H,5-8H2,1H3,(H,18,20)(H,21,22)/t10-,12-,14-,17+/m1/s1. The van der Waals surface area contributed by atoms with E-state index in [4.69, 9.17) is 19.3 Å². The molecule has 3 N–H and O–H groups in total. The van der Waals surface area contributed by atoms with Gasteiger partial charge in [0.2, 0.25) is 5.91 Å². The molecule has 0 bridgehead atoms. The number of methoxy groups -OCH3 is 1. The normalized spacial score (nSPS) is 27.1. The minimum absolute atomic E-state index is 0.0409. The first-order chi connectivity index (χ1) is 12.0. The van der Waals surface area contributed by atoms with E-state index in [-0.39, 0.29) is 37.6 Å². The van der Waals surface area contributed by atoms with Crippen molar-refractivity contribution in [1.82, 2.24) is 0 Å². The van der Waals surface area contributed by atoms with Crippen LogP contribution in [-0.2, 0) is 19.1 Å². The van der Waals surface area contributed by atoms with Crippen molar-refractivity contribution in [2.45, 2.75) is 37.1 Å². The molecule has 2 aliphatic heterocycles. The molecule has 2 heterocycles. The van der Waals surface area contributed by atoms with Gasteiger partial charge in [-0.2, -0.15) is 0 Å². The third-order valence-electron chi connectivity index (χ3n) is 4.46. The van der Waals surface area contributed by atoms with Crippen LogP contribution in [0.1, 0.15) is 24.3 Å². The maximum Gasteiger partial charge on any atom is 0.305 e. The van der Waals surface area contributed by atoms with Crippen LogP contribution in [-0.4, -0.2) is 60.7 Å². The summed E-state index contributed by atoms with van der Waals surface area (Å²) in [5, 5.41) is 21.3. The highest BCUT2D eigenvalue weighted by Gasteiger charge is 2.46. The Bertz CT molecular complexity index is 662. The van der Waals surface area contributed by atoms with E-state index in [0.717, 1.165) is 5.56 Å². The molecule has 2 aliphatic rings.